The van der Waals surface area contributed by atoms with E-state index in [0.29, 0.717) is 12.2 Å². The Morgan fingerprint density at radius 3 is 2.19 bits per heavy atom. The average Bonchev–Trinajstić information content (AvgIpc) is 3.22. The maximum atomic E-state index is 12.8. The SMILES string of the molecule is C/C(C(=O)[C@H]1COC(C)(C)O1)=C(/C)c1coc([C@H]2COC(C)(C)O2)c1C. The molecule has 1 aromatic heterocycles. The molecule has 3 heterocycles. The van der Waals surface area contributed by atoms with E-state index in [9.17, 15) is 4.79 Å². The lowest BCUT2D eigenvalue weighted by Crippen LogP contribution is -2.27. The van der Waals surface area contributed by atoms with E-state index in [0.717, 1.165) is 22.5 Å². The zero-order valence-corrected chi connectivity index (χ0v) is 16.6. The summed E-state index contributed by atoms with van der Waals surface area (Å²) < 4.78 is 28.5. The Kier molecular flexibility index (Phi) is 4.90. The second-order valence-corrected chi connectivity index (χ2v) is 7.89. The van der Waals surface area contributed by atoms with Gasteiger partial charge < -0.3 is 23.4 Å². The van der Waals surface area contributed by atoms with Crippen molar-refractivity contribution in [1.29, 1.82) is 0 Å². The third-order valence-corrected chi connectivity index (χ3v) is 5.02. The van der Waals surface area contributed by atoms with Crippen LogP contribution >= 0.6 is 0 Å². The summed E-state index contributed by atoms with van der Waals surface area (Å²) in [5, 5.41) is 0. The van der Waals surface area contributed by atoms with E-state index in [1.807, 2.05) is 48.5 Å². The number of carbonyl (C=O) groups excluding carboxylic acids is 1. The molecule has 0 saturated carbocycles. The molecule has 6 heteroatoms. The number of carbonyl (C=O) groups is 1. The lowest BCUT2D eigenvalue weighted by Gasteiger charge is -2.17. The van der Waals surface area contributed by atoms with Crippen molar-refractivity contribution in [3.63, 3.8) is 0 Å². The molecule has 6 nitrogen and oxygen atoms in total. The first-order chi connectivity index (χ1) is 12.0. The van der Waals surface area contributed by atoms with E-state index >= 15 is 0 Å². The summed E-state index contributed by atoms with van der Waals surface area (Å²) in [6, 6.07) is 0. The Bertz CT molecular complexity index is 739. The van der Waals surface area contributed by atoms with Crippen molar-refractivity contribution in [3.05, 3.63) is 28.7 Å². The molecule has 2 aliphatic rings. The number of allylic oxidation sites excluding steroid dienone is 1. The molecule has 2 fully saturated rings. The van der Waals surface area contributed by atoms with E-state index in [1.165, 1.54) is 0 Å². The number of hydrogen-bond donors (Lipinski definition) is 0. The van der Waals surface area contributed by atoms with Gasteiger partial charge >= 0.3 is 0 Å². The van der Waals surface area contributed by atoms with Crippen LogP contribution in [0.5, 0.6) is 0 Å². The minimum atomic E-state index is -0.722. The van der Waals surface area contributed by atoms with E-state index in [2.05, 4.69) is 0 Å². The van der Waals surface area contributed by atoms with Crippen molar-refractivity contribution in [2.45, 2.75) is 72.2 Å². The maximum Gasteiger partial charge on any atom is 0.190 e. The third kappa shape index (κ3) is 3.64. The maximum absolute atomic E-state index is 12.8. The van der Waals surface area contributed by atoms with Gasteiger partial charge in [0.05, 0.1) is 19.5 Å². The lowest BCUT2D eigenvalue weighted by molar-refractivity contribution is -0.149. The van der Waals surface area contributed by atoms with Gasteiger partial charge in [-0.3, -0.25) is 4.79 Å². The molecular weight excluding hydrogens is 336 g/mol. The molecule has 144 valence electrons. The molecule has 2 atom stereocenters. The second kappa shape index (κ2) is 6.60. The van der Waals surface area contributed by atoms with Crippen LogP contribution in [0.2, 0.25) is 0 Å². The Morgan fingerprint density at radius 2 is 1.65 bits per heavy atom. The first-order valence-electron chi connectivity index (χ1n) is 8.94. The molecule has 0 unspecified atom stereocenters. The van der Waals surface area contributed by atoms with Crippen molar-refractivity contribution in [2.24, 2.45) is 0 Å². The Labute approximate surface area is 154 Å². The molecule has 1 aromatic rings. The number of ether oxygens (including phenoxy) is 4. The molecule has 26 heavy (non-hydrogen) atoms. The van der Waals surface area contributed by atoms with Gasteiger partial charge in [0, 0.05) is 11.1 Å². The van der Waals surface area contributed by atoms with Gasteiger partial charge in [-0.2, -0.15) is 0 Å². The predicted octanol–water partition coefficient (Wildman–Crippen LogP) is 3.93. The smallest absolute Gasteiger partial charge is 0.190 e. The van der Waals surface area contributed by atoms with Crippen LogP contribution in [0.25, 0.3) is 5.57 Å². The van der Waals surface area contributed by atoms with E-state index in [1.54, 1.807) is 6.26 Å². The Morgan fingerprint density at radius 1 is 1.04 bits per heavy atom. The first kappa shape index (κ1) is 19.3. The highest BCUT2D eigenvalue weighted by Crippen LogP contribution is 2.38. The van der Waals surface area contributed by atoms with Crippen molar-refractivity contribution in [1.82, 2.24) is 0 Å². The van der Waals surface area contributed by atoms with Gasteiger partial charge in [0.2, 0.25) is 0 Å². The van der Waals surface area contributed by atoms with Crippen molar-refractivity contribution in [2.75, 3.05) is 13.2 Å². The Balaban J connectivity index is 1.82. The van der Waals surface area contributed by atoms with E-state index in [4.69, 9.17) is 23.4 Å². The molecular formula is C20H28O6. The van der Waals surface area contributed by atoms with Gasteiger partial charge in [-0.15, -0.1) is 0 Å². The quantitative estimate of drug-likeness (QED) is 0.754. The molecule has 2 saturated heterocycles. The zero-order chi connectivity index (χ0) is 19.3. The number of ketones is 1. The monoisotopic (exact) mass is 364 g/mol. The number of hydrogen-bond acceptors (Lipinski definition) is 6. The van der Waals surface area contributed by atoms with Crippen LogP contribution in [0.3, 0.4) is 0 Å². The van der Waals surface area contributed by atoms with Gasteiger partial charge in [0.1, 0.15) is 18.0 Å². The fraction of sp³-hybridized carbons (Fsp3) is 0.650. The summed E-state index contributed by atoms with van der Waals surface area (Å²) in [5.41, 5.74) is 3.38. The minimum absolute atomic E-state index is 0.0585. The number of rotatable bonds is 4. The molecule has 0 amide bonds. The second-order valence-electron chi connectivity index (χ2n) is 7.89. The molecule has 0 bridgehead atoms. The van der Waals surface area contributed by atoms with Crippen LogP contribution in [-0.2, 0) is 23.7 Å². The normalized spacial score (nSPS) is 28.3. The van der Waals surface area contributed by atoms with Crippen molar-refractivity contribution >= 4 is 11.4 Å². The van der Waals surface area contributed by atoms with Crippen LogP contribution in [0, 0.1) is 6.92 Å². The fourth-order valence-corrected chi connectivity index (χ4v) is 3.38. The summed E-state index contributed by atoms with van der Waals surface area (Å²) in [5.74, 6) is -0.656. The average molecular weight is 364 g/mol. The van der Waals surface area contributed by atoms with Gasteiger partial charge in [-0.05, 0) is 59.6 Å². The fourth-order valence-electron chi connectivity index (χ4n) is 3.38. The molecule has 0 aliphatic carbocycles. The largest absolute Gasteiger partial charge is 0.466 e. The van der Waals surface area contributed by atoms with E-state index in [-0.39, 0.29) is 18.5 Å². The Hall–Kier alpha value is -1.47. The zero-order valence-electron chi connectivity index (χ0n) is 16.6. The molecule has 0 N–H and O–H groups in total. The van der Waals surface area contributed by atoms with Crippen LogP contribution in [-0.4, -0.2) is 36.7 Å². The van der Waals surface area contributed by atoms with Gasteiger partial charge in [0.25, 0.3) is 0 Å². The summed E-state index contributed by atoms with van der Waals surface area (Å²) in [6.07, 6.45) is 0.871. The summed E-state index contributed by atoms with van der Waals surface area (Å²) in [6.45, 7) is 13.8. The van der Waals surface area contributed by atoms with Crippen molar-refractivity contribution < 1.29 is 28.2 Å². The van der Waals surface area contributed by atoms with Gasteiger partial charge in [-0.25, -0.2) is 0 Å². The van der Waals surface area contributed by atoms with Gasteiger partial charge in [-0.1, -0.05) is 0 Å². The third-order valence-electron chi connectivity index (χ3n) is 5.02. The summed E-state index contributed by atoms with van der Waals surface area (Å²) in [4.78, 5) is 12.8. The minimum Gasteiger partial charge on any atom is -0.466 e. The van der Waals surface area contributed by atoms with Gasteiger partial charge in [0.15, 0.2) is 17.4 Å². The summed E-state index contributed by atoms with van der Waals surface area (Å²) >= 11 is 0. The van der Waals surface area contributed by atoms with Crippen LogP contribution in [0.1, 0.15) is 64.5 Å². The molecule has 0 aromatic carbocycles. The lowest BCUT2D eigenvalue weighted by atomic mass is 9.96. The molecule has 3 rings (SSSR count). The molecule has 0 radical (unpaired) electrons. The molecule has 2 aliphatic heterocycles. The highest BCUT2D eigenvalue weighted by atomic mass is 16.7. The topological polar surface area (TPSA) is 67.1 Å². The van der Waals surface area contributed by atoms with Crippen LogP contribution in [0.4, 0.5) is 0 Å². The predicted molar refractivity (Wildman–Crippen MR) is 95.5 cm³/mol. The number of furan rings is 1. The highest BCUT2D eigenvalue weighted by Gasteiger charge is 2.39. The van der Waals surface area contributed by atoms with Crippen LogP contribution < -0.4 is 0 Å². The highest BCUT2D eigenvalue weighted by molar-refractivity contribution is 6.04. The van der Waals surface area contributed by atoms with E-state index < -0.39 is 17.7 Å². The van der Waals surface area contributed by atoms with Crippen LogP contribution in [0.15, 0.2) is 16.3 Å². The number of Topliss-reactive ketones (excluding diaryl/α,β-unsaturated/α-hetero) is 1. The van der Waals surface area contributed by atoms with Crippen molar-refractivity contribution in [3.8, 4) is 0 Å². The summed E-state index contributed by atoms with van der Waals surface area (Å²) in [7, 11) is 0. The standard InChI is InChI=1S/C20H28O6/c1-11(12(2)17(21)15-9-23-19(4,5)25-15)14-8-22-18(13(14)3)16-10-24-20(6,7)26-16/h8,15-16H,9-10H2,1-7H3/b12-11+/t15-,16-/m1/s1. The first-order valence-corrected chi connectivity index (χ1v) is 8.94. The molecule has 0 spiro atoms.